The smallest absolute Gasteiger partial charge is 0.150 e. The van der Waals surface area contributed by atoms with Crippen LogP contribution in [0.15, 0.2) is 24.3 Å². The Morgan fingerprint density at radius 1 is 1.10 bits per heavy atom. The summed E-state index contributed by atoms with van der Waals surface area (Å²) in [6.07, 6.45) is 1.47. The summed E-state index contributed by atoms with van der Waals surface area (Å²) in [6.45, 7) is 7.17. The van der Waals surface area contributed by atoms with Gasteiger partial charge in [0.25, 0.3) is 0 Å². The zero-order valence-corrected chi connectivity index (χ0v) is 13.8. The van der Waals surface area contributed by atoms with E-state index < -0.39 is 9.84 Å². The zero-order chi connectivity index (χ0) is 15.3. The SMILES string of the molecule is CCN(CC)c1ccc(CNC2CCS(=O)(=O)CC2)cc1. The number of hydrogen-bond donors (Lipinski definition) is 1. The first-order valence-corrected chi connectivity index (χ1v) is 9.64. The lowest BCUT2D eigenvalue weighted by Crippen LogP contribution is -2.37. The minimum atomic E-state index is -2.77. The Bertz CT molecular complexity index is 522. The summed E-state index contributed by atoms with van der Waals surface area (Å²) in [5.41, 5.74) is 2.51. The number of anilines is 1. The summed E-state index contributed by atoms with van der Waals surface area (Å²) in [7, 11) is -2.77. The third-order valence-electron chi connectivity index (χ3n) is 4.21. The van der Waals surface area contributed by atoms with Crippen LogP contribution in [0, 0.1) is 0 Å². The van der Waals surface area contributed by atoms with Gasteiger partial charge in [-0.05, 0) is 44.4 Å². The molecule has 0 unspecified atom stereocenters. The topological polar surface area (TPSA) is 49.4 Å². The van der Waals surface area contributed by atoms with Crippen molar-refractivity contribution in [3.05, 3.63) is 29.8 Å². The Morgan fingerprint density at radius 3 is 2.19 bits per heavy atom. The van der Waals surface area contributed by atoms with Crippen molar-refractivity contribution < 1.29 is 8.42 Å². The van der Waals surface area contributed by atoms with Crippen LogP contribution in [-0.2, 0) is 16.4 Å². The van der Waals surface area contributed by atoms with E-state index in [0.29, 0.717) is 17.5 Å². The van der Waals surface area contributed by atoms with E-state index in [0.717, 1.165) is 32.5 Å². The van der Waals surface area contributed by atoms with Crippen LogP contribution in [0.4, 0.5) is 5.69 Å². The van der Waals surface area contributed by atoms with Gasteiger partial charge in [-0.2, -0.15) is 0 Å². The highest BCUT2D eigenvalue weighted by molar-refractivity contribution is 7.91. The zero-order valence-electron chi connectivity index (χ0n) is 13.0. The summed E-state index contributed by atoms with van der Waals surface area (Å²) in [5, 5.41) is 3.47. The number of rotatable bonds is 6. The third kappa shape index (κ3) is 4.71. The molecule has 1 N–H and O–H groups in total. The molecule has 0 amide bonds. The maximum absolute atomic E-state index is 11.4. The van der Waals surface area contributed by atoms with E-state index in [9.17, 15) is 8.42 Å². The molecule has 0 aromatic heterocycles. The van der Waals surface area contributed by atoms with E-state index in [-0.39, 0.29) is 0 Å². The molecule has 1 aromatic carbocycles. The standard InChI is InChI=1S/C16H26N2O2S/c1-3-18(4-2)16-7-5-14(6-8-16)13-17-15-9-11-21(19,20)12-10-15/h5-8,15,17H,3-4,9-13H2,1-2H3. The Morgan fingerprint density at radius 2 is 1.67 bits per heavy atom. The molecular weight excluding hydrogens is 284 g/mol. The number of nitrogens with one attached hydrogen (secondary N) is 1. The first-order valence-electron chi connectivity index (χ1n) is 7.81. The van der Waals surface area contributed by atoms with Crippen molar-refractivity contribution in [2.45, 2.75) is 39.3 Å². The maximum Gasteiger partial charge on any atom is 0.150 e. The molecule has 0 radical (unpaired) electrons. The van der Waals surface area contributed by atoms with Gasteiger partial charge < -0.3 is 10.2 Å². The van der Waals surface area contributed by atoms with Crippen LogP contribution >= 0.6 is 0 Å². The average molecular weight is 310 g/mol. The van der Waals surface area contributed by atoms with Gasteiger partial charge in [-0.3, -0.25) is 0 Å². The molecule has 4 nitrogen and oxygen atoms in total. The molecule has 2 rings (SSSR count). The molecule has 21 heavy (non-hydrogen) atoms. The normalized spacial score (nSPS) is 18.6. The van der Waals surface area contributed by atoms with E-state index in [1.807, 2.05) is 0 Å². The monoisotopic (exact) mass is 310 g/mol. The van der Waals surface area contributed by atoms with Crippen molar-refractivity contribution in [2.24, 2.45) is 0 Å². The molecule has 0 spiro atoms. The predicted octanol–water partition coefficient (Wildman–Crippen LogP) is 2.20. The van der Waals surface area contributed by atoms with E-state index in [1.54, 1.807) is 0 Å². The highest BCUT2D eigenvalue weighted by atomic mass is 32.2. The van der Waals surface area contributed by atoms with Crippen LogP contribution in [0.25, 0.3) is 0 Å². The fourth-order valence-corrected chi connectivity index (χ4v) is 4.26. The van der Waals surface area contributed by atoms with E-state index >= 15 is 0 Å². The van der Waals surface area contributed by atoms with Crippen molar-refractivity contribution in [1.82, 2.24) is 5.32 Å². The molecular formula is C16H26N2O2S. The van der Waals surface area contributed by atoms with Crippen LogP contribution in [0.2, 0.25) is 0 Å². The number of sulfone groups is 1. The van der Waals surface area contributed by atoms with Gasteiger partial charge in [0.2, 0.25) is 0 Å². The Balaban J connectivity index is 1.84. The highest BCUT2D eigenvalue weighted by Crippen LogP contribution is 2.16. The summed E-state index contributed by atoms with van der Waals surface area (Å²) in [4.78, 5) is 2.32. The third-order valence-corrected chi connectivity index (χ3v) is 5.93. The molecule has 118 valence electrons. The second kappa shape index (κ2) is 7.27. The maximum atomic E-state index is 11.4. The van der Waals surface area contributed by atoms with Gasteiger partial charge in [0.15, 0.2) is 0 Å². The minimum Gasteiger partial charge on any atom is -0.372 e. The lowest BCUT2D eigenvalue weighted by Gasteiger charge is -2.24. The highest BCUT2D eigenvalue weighted by Gasteiger charge is 2.22. The van der Waals surface area contributed by atoms with Crippen LogP contribution in [0.3, 0.4) is 0 Å². The lowest BCUT2D eigenvalue weighted by atomic mass is 10.1. The largest absolute Gasteiger partial charge is 0.372 e. The summed E-state index contributed by atoms with van der Waals surface area (Å²) < 4.78 is 22.8. The molecule has 0 atom stereocenters. The molecule has 1 saturated heterocycles. The van der Waals surface area contributed by atoms with Crippen LogP contribution in [0.1, 0.15) is 32.3 Å². The van der Waals surface area contributed by atoms with Crippen LogP contribution < -0.4 is 10.2 Å². The van der Waals surface area contributed by atoms with E-state index in [1.165, 1.54) is 11.3 Å². The molecule has 1 aromatic rings. The van der Waals surface area contributed by atoms with Crippen LogP contribution in [-0.4, -0.2) is 39.1 Å². The molecule has 1 heterocycles. The Labute approximate surface area is 128 Å². The second-order valence-corrected chi connectivity index (χ2v) is 7.95. The fourth-order valence-electron chi connectivity index (χ4n) is 2.77. The molecule has 0 bridgehead atoms. The number of nitrogens with zero attached hydrogens (tertiary/aromatic N) is 1. The van der Waals surface area contributed by atoms with Gasteiger partial charge in [-0.25, -0.2) is 8.42 Å². The predicted molar refractivity (Wildman–Crippen MR) is 88.5 cm³/mol. The van der Waals surface area contributed by atoms with Crippen molar-refractivity contribution in [1.29, 1.82) is 0 Å². The Hall–Kier alpha value is -1.07. The molecule has 5 heteroatoms. The second-order valence-electron chi connectivity index (χ2n) is 5.65. The van der Waals surface area contributed by atoms with Crippen molar-refractivity contribution in [3.63, 3.8) is 0 Å². The van der Waals surface area contributed by atoms with Gasteiger partial charge in [0.05, 0.1) is 11.5 Å². The van der Waals surface area contributed by atoms with Crippen molar-refractivity contribution in [2.75, 3.05) is 29.5 Å². The number of hydrogen-bond acceptors (Lipinski definition) is 4. The van der Waals surface area contributed by atoms with Crippen molar-refractivity contribution in [3.8, 4) is 0 Å². The van der Waals surface area contributed by atoms with Crippen molar-refractivity contribution >= 4 is 15.5 Å². The van der Waals surface area contributed by atoms with Crippen LogP contribution in [0.5, 0.6) is 0 Å². The van der Waals surface area contributed by atoms with E-state index in [2.05, 4.69) is 48.3 Å². The van der Waals surface area contributed by atoms with E-state index in [4.69, 9.17) is 0 Å². The quantitative estimate of drug-likeness (QED) is 0.875. The minimum absolute atomic E-state index is 0.325. The molecule has 1 fully saturated rings. The fraction of sp³-hybridized carbons (Fsp3) is 0.625. The lowest BCUT2D eigenvalue weighted by molar-refractivity contribution is 0.463. The molecule has 0 saturated carbocycles. The van der Waals surface area contributed by atoms with Gasteiger partial charge in [0.1, 0.15) is 9.84 Å². The van der Waals surface area contributed by atoms with Gasteiger partial charge in [-0.15, -0.1) is 0 Å². The molecule has 1 aliphatic rings. The summed E-state index contributed by atoms with van der Waals surface area (Å²) in [5.74, 6) is 0.650. The van der Waals surface area contributed by atoms with Gasteiger partial charge >= 0.3 is 0 Å². The molecule has 1 aliphatic heterocycles. The summed E-state index contributed by atoms with van der Waals surface area (Å²) >= 11 is 0. The average Bonchev–Trinajstić information content (AvgIpc) is 2.49. The number of benzene rings is 1. The van der Waals surface area contributed by atoms with Gasteiger partial charge in [0, 0.05) is 31.4 Å². The summed E-state index contributed by atoms with van der Waals surface area (Å²) in [6, 6.07) is 8.96. The molecule has 0 aliphatic carbocycles. The Kier molecular flexibility index (Phi) is 5.65. The first kappa shape index (κ1) is 16.3. The van der Waals surface area contributed by atoms with Gasteiger partial charge in [-0.1, -0.05) is 12.1 Å². The first-order chi connectivity index (χ1) is 10.0.